The average molecular weight is 243 g/mol. The Hall–Kier alpha value is -0.650. The lowest BCUT2D eigenvalue weighted by atomic mass is 9.91. The molecule has 1 saturated carbocycles. The predicted molar refractivity (Wildman–Crippen MR) is 62.0 cm³/mol. The smallest absolute Gasteiger partial charge is 0.334 e. The highest BCUT2D eigenvalue weighted by atomic mass is 16.5. The summed E-state index contributed by atoms with van der Waals surface area (Å²) in [6.45, 7) is 1.91. The maximum Gasteiger partial charge on any atom is 0.334 e. The SMILES string of the molecule is COC1CCC(N2CCOC(C(=O)O)C2)CC1. The van der Waals surface area contributed by atoms with E-state index in [9.17, 15) is 4.79 Å². The van der Waals surface area contributed by atoms with Gasteiger partial charge in [0, 0.05) is 26.2 Å². The first-order valence-corrected chi connectivity index (χ1v) is 6.32. The van der Waals surface area contributed by atoms with Gasteiger partial charge in [-0.25, -0.2) is 4.79 Å². The van der Waals surface area contributed by atoms with Gasteiger partial charge in [0.1, 0.15) is 0 Å². The van der Waals surface area contributed by atoms with E-state index >= 15 is 0 Å². The van der Waals surface area contributed by atoms with Crippen molar-refractivity contribution in [2.24, 2.45) is 0 Å². The number of carboxylic acids is 1. The van der Waals surface area contributed by atoms with E-state index in [2.05, 4.69) is 4.90 Å². The van der Waals surface area contributed by atoms with Gasteiger partial charge in [0.25, 0.3) is 0 Å². The summed E-state index contributed by atoms with van der Waals surface area (Å²) in [7, 11) is 1.76. The second-order valence-electron chi connectivity index (χ2n) is 4.86. The Balaban J connectivity index is 1.84. The normalized spacial score (nSPS) is 35.7. The van der Waals surface area contributed by atoms with Crippen molar-refractivity contribution < 1.29 is 19.4 Å². The summed E-state index contributed by atoms with van der Waals surface area (Å²) in [5.41, 5.74) is 0. The predicted octanol–water partition coefficient (Wildman–Crippen LogP) is 0.729. The highest BCUT2D eigenvalue weighted by Gasteiger charge is 2.32. The van der Waals surface area contributed by atoms with Crippen LogP contribution in [0.3, 0.4) is 0 Å². The Kier molecular flexibility index (Phi) is 4.36. The molecule has 2 rings (SSSR count). The summed E-state index contributed by atoms with van der Waals surface area (Å²) in [5, 5.41) is 8.96. The molecule has 0 aromatic carbocycles. The van der Waals surface area contributed by atoms with Crippen molar-refractivity contribution >= 4 is 5.97 Å². The van der Waals surface area contributed by atoms with Crippen molar-refractivity contribution in [1.29, 1.82) is 0 Å². The average Bonchev–Trinajstić information content (AvgIpc) is 2.39. The van der Waals surface area contributed by atoms with Gasteiger partial charge in [-0.15, -0.1) is 0 Å². The molecule has 1 atom stereocenters. The van der Waals surface area contributed by atoms with Gasteiger partial charge in [-0.3, -0.25) is 4.90 Å². The van der Waals surface area contributed by atoms with E-state index in [4.69, 9.17) is 14.6 Å². The first-order chi connectivity index (χ1) is 8.20. The molecule has 1 aliphatic heterocycles. The minimum atomic E-state index is -0.847. The zero-order valence-corrected chi connectivity index (χ0v) is 10.3. The third kappa shape index (κ3) is 3.18. The monoisotopic (exact) mass is 243 g/mol. The molecule has 1 N–H and O–H groups in total. The summed E-state index contributed by atoms with van der Waals surface area (Å²) >= 11 is 0. The second-order valence-corrected chi connectivity index (χ2v) is 4.86. The van der Waals surface area contributed by atoms with Crippen molar-refractivity contribution in [3.05, 3.63) is 0 Å². The summed E-state index contributed by atoms with van der Waals surface area (Å²) in [5.74, 6) is -0.847. The molecule has 1 unspecified atom stereocenters. The van der Waals surface area contributed by atoms with Gasteiger partial charge in [-0.05, 0) is 25.7 Å². The van der Waals surface area contributed by atoms with Gasteiger partial charge in [0.15, 0.2) is 6.10 Å². The van der Waals surface area contributed by atoms with Gasteiger partial charge < -0.3 is 14.6 Å². The number of carboxylic acid groups (broad SMARTS) is 1. The van der Waals surface area contributed by atoms with Crippen molar-refractivity contribution in [1.82, 2.24) is 4.90 Å². The van der Waals surface area contributed by atoms with Crippen LogP contribution in [0.1, 0.15) is 25.7 Å². The quantitative estimate of drug-likeness (QED) is 0.792. The molecule has 1 heterocycles. The molecule has 0 amide bonds. The topological polar surface area (TPSA) is 59.0 Å². The summed E-state index contributed by atoms with van der Waals surface area (Å²) in [4.78, 5) is 13.2. The van der Waals surface area contributed by atoms with Gasteiger partial charge in [-0.1, -0.05) is 0 Å². The summed E-state index contributed by atoms with van der Waals surface area (Å²) < 4.78 is 10.6. The van der Waals surface area contributed by atoms with Crippen LogP contribution in [0.2, 0.25) is 0 Å². The molecule has 0 spiro atoms. The van der Waals surface area contributed by atoms with Crippen LogP contribution in [0.5, 0.6) is 0 Å². The zero-order chi connectivity index (χ0) is 12.3. The minimum Gasteiger partial charge on any atom is -0.479 e. The molecule has 2 aliphatic rings. The van der Waals surface area contributed by atoms with E-state index in [0.717, 1.165) is 32.2 Å². The van der Waals surface area contributed by atoms with E-state index in [0.29, 0.717) is 25.3 Å². The van der Waals surface area contributed by atoms with Gasteiger partial charge in [-0.2, -0.15) is 0 Å². The molecule has 1 aliphatic carbocycles. The second kappa shape index (κ2) is 5.80. The standard InChI is InChI=1S/C12H21NO4/c1-16-10-4-2-9(3-5-10)13-6-7-17-11(8-13)12(14)15/h9-11H,2-8H2,1H3,(H,14,15). The zero-order valence-electron chi connectivity index (χ0n) is 10.3. The van der Waals surface area contributed by atoms with E-state index in [1.165, 1.54) is 0 Å². The molecule has 17 heavy (non-hydrogen) atoms. The molecular formula is C12H21NO4. The number of hydrogen-bond acceptors (Lipinski definition) is 4. The van der Waals surface area contributed by atoms with Gasteiger partial charge >= 0.3 is 5.97 Å². The number of hydrogen-bond donors (Lipinski definition) is 1. The molecule has 0 bridgehead atoms. The Morgan fingerprint density at radius 3 is 2.65 bits per heavy atom. The van der Waals surface area contributed by atoms with Crippen molar-refractivity contribution in [2.45, 2.75) is 43.9 Å². The molecule has 0 aromatic rings. The van der Waals surface area contributed by atoms with E-state index < -0.39 is 12.1 Å². The number of nitrogens with zero attached hydrogens (tertiary/aromatic N) is 1. The number of rotatable bonds is 3. The fourth-order valence-electron chi connectivity index (χ4n) is 2.80. The fourth-order valence-corrected chi connectivity index (χ4v) is 2.80. The number of methoxy groups -OCH3 is 1. The van der Waals surface area contributed by atoms with Crippen LogP contribution in [-0.4, -0.2) is 61.0 Å². The van der Waals surface area contributed by atoms with Crippen LogP contribution in [0.15, 0.2) is 0 Å². The molecule has 1 saturated heterocycles. The molecule has 2 fully saturated rings. The van der Waals surface area contributed by atoms with Crippen molar-refractivity contribution in [3.8, 4) is 0 Å². The van der Waals surface area contributed by atoms with Crippen molar-refractivity contribution in [2.75, 3.05) is 26.8 Å². The lowest BCUT2D eigenvalue weighted by Gasteiger charge is -2.40. The lowest BCUT2D eigenvalue weighted by molar-refractivity contribution is -0.157. The summed E-state index contributed by atoms with van der Waals surface area (Å²) in [6, 6.07) is 0.507. The van der Waals surface area contributed by atoms with Crippen molar-refractivity contribution in [3.63, 3.8) is 0 Å². The minimum absolute atomic E-state index is 0.391. The molecular weight excluding hydrogens is 222 g/mol. The third-order valence-corrected chi connectivity index (χ3v) is 3.87. The van der Waals surface area contributed by atoms with E-state index in [1.807, 2.05) is 0 Å². The summed E-state index contributed by atoms with van der Waals surface area (Å²) in [6.07, 6.45) is 4.11. The molecule has 0 radical (unpaired) electrons. The maximum atomic E-state index is 10.9. The fraction of sp³-hybridized carbons (Fsp3) is 0.917. The van der Waals surface area contributed by atoms with Gasteiger partial charge in [0.2, 0.25) is 0 Å². The van der Waals surface area contributed by atoms with Crippen LogP contribution in [-0.2, 0) is 14.3 Å². The Morgan fingerprint density at radius 1 is 1.35 bits per heavy atom. The molecule has 5 nitrogen and oxygen atoms in total. The highest BCUT2D eigenvalue weighted by molar-refractivity contribution is 5.72. The van der Waals surface area contributed by atoms with E-state index in [-0.39, 0.29) is 0 Å². The first-order valence-electron chi connectivity index (χ1n) is 6.32. The Labute approximate surface area is 102 Å². The number of morpholine rings is 1. The van der Waals surface area contributed by atoms with Crippen LogP contribution in [0, 0.1) is 0 Å². The molecule has 98 valence electrons. The Morgan fingerprint density at radius 2 is 2.06 bits per heavy atom. The van der Waals surface area contributed by atoms with Crippen LogP contribution in [0.25, 0.3) is 0 Å². The number of carbonyl (C=O) groups is 1. The largest absolute Gasteiger partial charge is 0.479 e. The van der Waals surface area contributed by atoms with E-state index in [1.54, 1.807) is 7.11 Å². The van der Waals surface area contributed by atoms with Crippen LogP contribution < -0.4 is 0 Å². The molecule has 0 aromatic heterocycles. The number of ether oxygens (including phenoxy) is 2. The molecule has 5 heteroatoms. The van der Waals surface area contributed by atoms with Crippen LogP contribution in [0.4, 0.5) is 0 Å². The van der Waals surface area contributed by atoms with Crippen LogP contribution >= 0.6 is 0 Å². The third-order valence-electron chi connectivity index (χ3n) is 3.87. The first kappa shape index (κ1) is 12.8. The number of aliphatic carboxylic acids is 1. The van der Waals surface area contributed by atoms with Gasteiger partial charge in [0.05, 0.1) is 12.7 Å². The Bertz CT molecular complexity index is 263. The highest BCUT2D eigenvalue weighted by Crippen LogP contribution is 2.26. The lowest BCUT2D eigenvalue weighted by Crippen LogP contribution is -2.51. The maximum absolute atomic E-state index is 10.9.